The fourth-order valence-corrected chi connectivity index (χ4v) is 2.46. The zero-order chi connectivity index (χ0) is 13.9. The average molecular weight is 324 g/mol. The first-order valence-corrected chi connectivity index (χ1v) is 6.76. The van der Waals surface area contributed by atoms with E-state index >= 15 is 0 Å². The molecule has 0 atom stereocenters. The van der Waals surface area contributed by atoms with Gasteiger partial charge in [0.1, 0.15) is 6.29 Å². The Labute approximate surface area is 120 Å². The lowest BCUT2D eigenvalue weighted by molar-refractivity contribution is 0.112. The zero-order valence-electron chi connectivity index (χ0n) is 10.6. The van der Waals surface area contributed by atoms with Crippen LogP contribution in [-0.2, 0) is 0 Å². The summed E-state index contributed by atoms with van der Waals surface area (Å²) in [5.74, 6) is 1.10. The van der Waals surface area contributed by atoms with Gasteiger partial charge in [-0.3, -0.25) is 4.79 Å². The Kier molecular flexibility index (Phi) is 4.11. The van der Waals surface area contributed by atoms with Crippen molar-refractivity contribution in [1.82, 2.24) is 0 Å². The summed E-state index contributed by atoms with van der Waals surface area (Å²) in [6, 6.07) is 5.52. The predicted octanol–water partition coefficient (Wildman–Crippen LogP) is 3.34. The quantitative estimate of drug-likeness (QED) is 0.753. The number of hydrogen-bond donors (Lipinski definition) is 0. The topological polar surface area (TPSA) is 59.3 Å². The van der Waals surface area contributed by atoms with Crippen LogP contribution in [0.25, 0.3) is 0 Å². The fourth-order valence-electron chi connectivity index (χ4n) is 1.89. The van der Waals surface area contributed by atoms with E-state index in [4.69, 9.17) is 14.7 Å². The maximum atomic E-state index is 10.8. The molecule has 0 amide bonds. The van der Waals surface area contributed by atoms with E-state index in [0.29, 0.717) is 34.6 Å². The third-order valence-corrected chi connectivity index (χ3v) is 3.91. The highest BCUT2D eigenvalue weighted by molar-refractivity contribution is 9.10. The maximum absolute atomic E-state index is 10.8. The van der Waals surface area contributed by atoms with E-state index in [9.17, 15) is 4.79 Å². The van der Waals surface area contributed by atoms with Crippen LogP contribution in [0, 0.1) is 16.7 Å². The summed E-state index contributed by atoms with van der Waals surface area (Å²) in [5, 5.41) is 8.78. The highest BCUT2D eigenvalue weighted by atomic mass is 79.9. The zero-order valence-corrected chi connectivity index (χ0v) is 12.2. The number of carbonyl (C=O) groups is 1. The van der Waals surface area contributed by atoms with Crippen LogP contribution in [-0.4, -0.2) is 20.0 Å². The molecule has 1 fully saturated rings. The monoisotopic (exact) mass is 323 g/mol. The van der Waals surface area contributed by atoms with Gasteiger partial charge in [-0.15, -0.1) is 0 Å². The number of benzene rings is 1. The van der Waals surface area contributed by atoms with Gasteiger partial charge < -0.3 is 9.47 Å². The van der Waals surface area contributed by atoms with Crippen molar-refractivity contribution in [2.45, 2.75) is 19.3 Å². The van der Waals surface area contributed by atoms with Crippen molar-refractivity contribution in [3.8, 4) is 17.6 Å². The molecule has 0 aromatic heterocycles. The van der Waals surface area contributed by atoms with Crippen LogP contribution in [0.3, 0.4) is 0 Å². The number of carbonyl (C=O) groups excluding carboxylic acids is 1. The first-order chi connectivity index (χ1) is 9.14. The molecule has 1 aliphatic carbocycles. The third kappa shape index (κ3) is 3.07. The summed E-state index contributed by atoms with van der Waals surface area (Å²) in [6.45, 7) is 0.496. The van der Waals surface area contributed by atoms with Crippen molar-refractivity contribution in [3.63, 3.8) is 0 Å². The molecule has 0 radical (unpaired) electrons. The molecule has 2 rings (SSSR count). The number of ether oxygens (including phenoxy) is 2. The molecule has 0 unspecified atom stereocenters. The number of halogens is 1. The van der Waals surface area contributed by atoms with Crippen molar-refractivity contribution >= 4 is 22.2 Å². The molecule has 1 aromatic carbocycles. The Bertz CT molecular complexity index is 532. The minimum absolute atomic E-state index is 0.00251. The molecule has 100 valence electrons. The molecule has 1 aromatic rings. The van der Waals surface area contributed by atoms with Crippen LogP contribution in [0.2, 0.25) is 0 Å². The summed E-state index contributed by atoms with van der Waals surface area (Å²) < 4.78 is 11.7. The third-order valence-electron chi connectivity index (χ3n) is 3.32. The molecular weight excluding hydrogens is 310 g/mol. The Hall–Kier alpha value is -1.54. The van der Waals surface area contributed by atoms with Crippen LogP contribution in [0.4, 0.5) is 0 Å². The molecule has 0 bridgehead atoms. The molecule has 0 aliphatic heterocycles. The van der Waals surface area contributed by atoms with Crippen molar-refractivity contribution in [2.24, 2.45) is 5.41 Å². The second kappa shape index (κ2) is 5.62. The first kappa shape index (κ1) is 13.9. The molecule has 0 heterocycles. The molecule has 19 heavy (non-hydrogen) atoms. The molecule has 0 N–H and O–H groups in total. The molecule has 0 saturated heterocycles. The average Bonchev–Trinajstić information content (AvgIpc) is 3.17. The van der Waals surface area contributed by atoms with E-state index in [-0.39, 0.29) is 5.41 Å². The van der Waals surface area contributed by atoms with Crippen LogP contribution in [0.5, 0.6) is 11.5 Å². The first-order valence-electron chi connectivity index (χ1n) is 5.96. The van der Waals surface area contributed by atoms with Crippen LogP contribution in [0.15, 0.2) is 16.6 Å². The molecule has 1 aliphatic rings. The molecule has 4 nitrogen and oxygen atoms in total. The van der Waals surface area contributed by atoms with Gasteiger partial charge in [-0.1, -0.05) is 0 Å². The van der Waals surface area contributed by atoms with Crippen LogP contribution >= 0.6 is 15.9 Å². The van der Waals surface area contributed by atoms with Gasteiger partial charge in [0.15, 0.2) is 11.5 Å². The summed E-state index contributed by atoms with van der Waals surface area (Å²) in [5.41, 5.74) is 0.525. The van der Waals surface area contributed by atoms with Gasteiger partial charge in [0.05, 0.1) is 24.3 Å². The van der Waals surface area contributed by atoms with Gasteiger partial charge in [-0.2, -0.15) is 5.26 Å². The standard InChI is InChI=1S/C14H14BrNO3/c1-18-12-7-10(8-17)6-11(15)13(12)19-9-14(2-3-14)4-5-16/h6-8H,2-4,9H2,1H3. The van der Waals surface area contributed by atoms with Gasteiger partial charge in [0.25, 0.3) is 0 Å². The normalized spacial score (nSPS) is 15.4. The molecule has 1 saturated carbocycles. The Morgan fingerprint density at radius 3 is 2.79 bits per heavy atom. The van der Waals surface area contributed by atoms with Gasteiger partial charge in [-0.25, -0.2) is 0 Å². The van der Waals surface area contributed by atoms with Gasteiger partial charge in [0, 0.05) is 17.4 Å². The Morgan fingerprint density at radius 2 is 2.26 bits per heavy atom. The number of nitriles is 1. The molecule has 0 spiro atoms. The number of rotatable bonds is 6. The van der Waals surface area contributed by atoms with E-state index in [2.05, 4.69) is 22.0 Å². The Balaban J connectivity index is 2.16. The number of aldehydes is 1. The number of hydrogen-bond acceptors (Lipinski definition) is 4. The number of nitrogens with zero attached hydrogens (tertiary/aromatic N) is 1. The second-order valence-corrected chi connectivity index (χ2v) is 5.63. The predicted molar refractivity (Wildman–Crippen MR) is 73.5 cm³/mol. The minimum atomic E-state index is 0.00251. The molecular formula is C14H14BrNO3. The highest BCUT2D eigenvalue weighted by Crippen LogP contribution is 2.49. The van der Waals surface area contributed by atoms with Crippen molar-refractivity contribution in [2.75, 3.05) is 13.7 Å². The highest BCUT2D eigenvalue weighted by Gasteiger charge is 2.43. The van der Waals surface area contributed by atoms with E-state index in [0.717, 1.165) is 19.1 Å². The lowest BCUT2D eigenvalue weighted by Crippen LogP contribution is -2.13. The van der Waals surface area contributed by atoms with Gasteiger partial charge in [-0.05, 0) is 40.9 Å². The number of methoxy groups -OCH3 is 1. The second-order valence-electron chi connectivity index (χ2n) is 4.78. The minimum Gasteiger partial charge on any atom is -0.493 e. The Morgan fingerprint density at radius 1 is 1.53 bits per heavy atom. The SMILES string of the molecule is COc1cc(C=O)cc(Br)c1OCC1(CC#N)CC1. The maximum Gasteiger partial charge on any atom is 0.175 e. The van der Waals surface area contributed by atoms with E-state index in [1.165, 1.54) is 7.11 Å². The van der Waals surface area contributed by atoms with Crippen molar-refractivity contribution in [3.05, 3.63) is 22.2 Å². The summed E-state index contributed by atoms with van der Waals surface area (Å²) in [4.78, 5) is 10.8. The summed E-state index contributed by atoms with van der Waals surface area (Å²) >= 11 is 3.38. The van der Waals surface area contributed by atoms with Crippen molar-refractivity contribution in [1.29, 1.82) is 5.26 Å². The van der Waals surface area contributed by atoms with E-state index in [1.54, 1.807) is 12.1 Å². The van der Waals surface area contributed by atoms with E-state index < -0.39 is 0 Å². The lowest BCUT2D eigenvalue weighted by Gasteiger charge is -2.16. The van der Waals surface area contributed by atoms with Crippen LogP contribution in [0.1, 0.15) is 29.6 Å². The van der Waals surface area contributed by atoms with Crippen molar-refractivity contribution < 1.29 is 14.3 Å². The molecule has 5 heteroatoms. The smallest absolute Gasteiger partial charge is 0.175 e. The lowest BCUT2D eigenvalue weighted by atomic mass is 10.1. The summed E-state index contributed by atoms with van der Waals surface area (Å²) in [7, 11) is 1.53. The summed E-state index contributed by atoms with van der Waals surface area (Å²) in [6.07, 6.45) is 3.31. The van der Waals surface area contributed by atoms with Crippen LogP contribution < -0.4 is 9.47 Å². The van der Waals surface area contributed by atoms with E-state index in [1.807, 2.05) is 0 Å². The van der Waals surface area contributed by atoms with Gasteiger partial charge in [0.2, 0.25) is 0 Å². The fraction of sp³-hybridized carbons (Fsp3) is 0.429. The van der Waals surface area contributed by atoms with Gasteiger partial charge >= 0.3 is 0 Å². The largest absolute Gasteiger partial charge is 0.493 e.